The summed E-state index contributed by atoms with van der Waals surface area (Å²) in [5.41, 5.74) is 5.84. The van der Waals surface area contributed by atoms with E-state index in [-0.39, 0.29) is 12.3 Å². The monoisotopic (exact) mass is 334 g/mol. The highest BCUT2D eigenvalue weighted by Crippen LogP contribution is 2.17. The molecule has 1 aliphatic heterocycles. The first-order valence-electron chi connectivity index (χ1n) is 7.70. The third kappa shape index (κ3) is 5.67. The fourth-order valence-electron chi connectivity index (χ4n) is 2.74. The smallest absolute Gasteiger partial charge is 0.215 e. The average molecular weight is 335 g/mol. The quantitative estimate of drug-likeness (QED) is 0.568. The van der Waals surface area contributed by atoms with Crippen LogP contribution in [0.5, 0.6) is 0 Å². The molecule has 0 aromatic heterocycles. The number of sulfonamides is 1. The van der Waals surface area contributed by atoms with E-state index in [1.54, 1.807) is 16.1 Å². The number of guanidine groups is 1. The van der Waals surface area contributed by atoms with Gasteiger partial charge in [0.2, 0.25) is 10.0 Å². The summed E-state index contributed by atoms with van der Waals surface area (Å²) in [5.74, 6) is 2.19. The molecule has 21 heavy (non-hydrogen) atoms. The van der Waals surface area contributed by atoms with Crippen molar-refractivity contribution in [3.63, 3.8) is 0 Å². The maximum absolute atomic E-state index is 12.1. The van der Waals surface area contributed by atoms with Crippen molar-refractivity contribution >= 4 is 27.7 Å². The van der Waals surface area contributed by atoms with Gasteiger partial charge in [0.15, 0.2) is 5.96 Å². The summed E-state index contributed by atoms with van der Waals surface area (Å²) in [4.78, 5) is 4.17. The Morgan fingerprint density at radius 3 is 2.57 bits per heavy atom. The van der Waals surface area contributed by atoms with Crippen molar-refractivity contribution in [3.05, 3.63) is 0 Å². The third-order valence-corrected chi connectivity index (χ3v) is 6.74. The van der Waals surface area contributed by atoms with Crippen LogP contribution in [0.3, 0.4) is 0 Å². The van der Waals surface area contributed by atoms with Crippen molar-refractivity contribution in [2.75, 3.05) is 36.9 Å². The zero-order chi connectivity index (χ0) is 15.1. The molecule has 2 rings (SSSR count). The highest BCUT2D eigenvalue weighted by Gasteiger charge is 2.23. The second-order valence-electron chi connectivity index (χ2n) is 5.57. The molecule has 0 aromatic carbocycles. The standard InChI is InChI=1S/C13H26N4O2S2/c14-13(16-12-4-2-1-3-5-12)15-6-11-21(18,19)17-7-9-20-10-8-17/h12H,1-11H2,(H3,14,15,16). The Kier molecular flexibility index (Phi) is 6.63. The van der Waals surface area contributed by atoms with Gasteiger partial charge in [-0.15, -0.1) is 0 Å². The van der Waals surface area contributed by atoms with E-state index in [4.69, 9.17) is 5.73 Å². The molecule has 6 nitrogen and oxygen atoms in total. The van der Waals surface area contributed by atoms with Gasteiger partial charge in [0.05, 0.1) is 12.3 Å². The minimum absolute atomic E-state index is 0.0463. The van der Waals surface area contributed by atoms with Crippen LogP contribution < -0.4 is 11.1 Å². The molecule has 1 saturated carbocycles. The molecule has 0 bridgehead atoms. The Balaban J connectivity index is 1.74. The van der Waals surface area contributed by atoms with Crippen LogP contribution in [0.25, 0.3) is 0 Å². The highest BCUT2D eigenvalue weighted by atomic mass is 32.2. The van der Waals surface area contributed by atoms with Gasteiger partial charge in [-0.3, -0.25) is 4.99 Å². The van der Waals surface area contributed by atoms with Gasteiger partial charge < -0.3 is 11.1 Å². The van der Waals surface area contributed by atoms with E-state index in [2.05, 4.69) is 10.3 Å². The van der Waals surface area contributed by atoms with E-state index < -0.39 is 10.0 Å². The van der Waals surface area contributed by atoms with E-state index in [1.807, 2.05) is 0 Å². The number of thioether (sulfide) groups is 1. The third-order valence-electron chi connectivity index (χ3n) is 3.95. The van der Waals surface area contributed by atoms with Crippen LogP contribution >= 0.6 is 11.8 Å². The van der Waals surface area contributed by atoms with E-state index in [9.17, 15) is 8.42 Å². The van der Waals surface area contributed by atoms with Crippen LogP contribution in [-0.4, -0.2) is 61.6 Å². The molecule has 0 radical (unpaired) electrons. The summed E-state index contributed by atoms with van der Waals surface area (Å²) in [7, 11) is -3.18. The molecule has 0 unspecified atom stereocenters. The molecule has 0 amide bonds. The fourth-order valence-corrected chi connectivity index (χ4v) is 5.19. The normalized spacial score (nSPS) is 23.1. The summed E-state index contributed by atoms with van der Waals surface area (Å²) >= 11 is 1.80. The SMILES string of the molecule is NC(=NCCS(=O)(=O)N1CCSCC1)NC1CCCCC1. The van der Waals surface area contributed by atoms with Gasteiger partial charge in [-0.2, -0.15) is 11.8 Å². The Morgan fingerprint density at radius 2 is 1.90 bits per heavy atom. The van der Waals surface area contributed by atoms with Crippen LogP contribution in [0.15, 0.2) is 4.99 Å². The van der Waals surface area contributed by atoms with E-state index in [0.717, 1.165) is 24.3 Å². The Bertz CT molecular complexity index is 441. The highest BCUT2D eigenvalue weighted by molar-refractivity contribution is 7.99. The molecule has 122 valence electrons. The summed E-state index contributed by atoms with van der Waals surface area (Å²) < 4.78 is 25.9. The molecule has 1 saturated heterocycles. The van der Waals surface area contributed by atoms with Crippen LogP contribution in [0.1, 0.15) is 32.1 Å². The molecule has 2 fully saturated rings. The van der Waals surface area contributed by atoms with Crippen molar-refractivity contribution in [1.82, 2.24) is 9.62 Å². The Morgan fingerprint density at radius 1 is 1.24 bits per heavy atom. The number of hydrogen-bond acceptors (Lipinski definition) is 4. The first-order chi connectivity index (χ1) is 10.1. The molecule has 0 aromatic rings. The fraction of sp³-hybridized carbons (Fsp3) is 0.923. The second kappa shape index (κ2) is 8.24. The lowest BCUT2D eigenvalue weighted by molar-refractivity contribution is 0.412. The van der Waals surface area contributed by atoms with Crippen molar-refractivity contribution in [1.29, 1.82) is 0 Å². The predicted octanol–water partition coefficient (Wildman–Crippen LogP) is 0.602. The molecule has 0 spiro atoms. The molecule has 0 atom stereocenters. The lowest BCUT2D eigenvalue weighted by Gasteiger charge is -2.25. The largest absolute Gasteiger partial charge is 0.370 e. The summed E-state index contributed by atoms with van der Waals surface area (Å²) in [6.45, 7) is 1.47. The number of nitrogens with one attached hydrogen (secondary N) is 1. The zero-order valence-corrected chi connectivity index (χ0v) is 14.1. The first kappa shape index (κ1) is 16.9. The van der Waals surface area contributed by atoms with Gasteiger partial charge in [0.1, 0.15) is 0 Å². The number of aliphatic imine (C=N–C) groups is 1. The minimum atomic E-state index is -3.18. The minimum Gasteiger partial charge on any atom is -0.370 e. The zero-order valence-electron chi connectivity index (χ0n) is 12.5. The summed E-state index contributed by atoms with van der Waals surface area (Å²) in [6, 6.07) is 0.401. The van der Waals surface area contributed by atoms with Gasteiger partial charge in [-0.1, -0.05) is 19.3 Å². The molecule has 2 aliphatic rings. The first-order valence-corrected chi connectivity index (χ1v) is 10.5. The van der Waals surface area contributed by atoms with Crippen LogP contribution in [0.4, 0.5) is 0 Å². The molecular formula is C13H26N4O2S2. The number of rotatable bonds is 5. The molecule has 1 aliphatic carbocycles. The maximum Gasteiger partial charge on any atom is 0.215 e. The summed E-state index contributed by atoms with van der Waals surface area (Å²) in [5, 5.41) is 3.20. The Hall–Kier alpha value is -0.470. The number of hydrogen-bond donors (Lipinski definition) is 2. The van der Waals surface area contributed by atoms with Crippen molar-refractivity contribution in [2.24, 2.45) is 10.7 Å². The van der Waals surface area contributed by atoms with Gasteiger partial charge in [0, 0.05) is 30.6 Å². The van der Waals surface area contributed by atoms with E-state index >= 15 is 0 Å². The molecule has 8 heteroatoms. The van der Waals surface area contributed by atoms with Gasteiger partial charge in [-0.05, 0) is 12.8 Å². The average Bonchev–Trinajstić information content (AvgIpc) is 2.49. The Labute approximate surface area is 132 Å². The maximum atomic E-state index is 12.1. The topological polar surface area (TPSA) is 87.8 Å². The lowest BCUT2D eigenvalue weighted by atomic mass is 9.96. The van der Waals surface area contributed by atoms with Crippen LogP contribution in [0.2, 0.25) is 0 Å². The van der Waals surface area contributed by atoms with Crippen molar-refractivity contribution in [2.45, 2.75) is 38.1 Å². The van der Waals surface area contributed by atoms with Crippen LogP contribution in [0, 0.1) is 0 Å². The van der Waals surface area contributed by atoms with Gasteiger partial charge in [-0.25, -0.2) is 12.7 Å². The number of nitrogens with zero attached hydrogens (tertiary/aromatic N) is 2. The number of nitrogens with two attached hydrogens (primary N) is 1. The van der Waals surface area contributed by atoms with Crippen LogP contribution in [-0.2, 0) is 10.0 Å². The molecule has 1 heterocycles. The van der Waals surface area contributed by atoms with E-state index in [0.29, 0.717) is 25.1 Å². The lowest BCUT2D eigenvalue weighted by Crippen LogP contribution is -2.42. The van der Waals surface area contributed by atoms with Gasteiger partial charge >= 0.3 is 0 Å². The van der Waals surface area contributed by atoms with Crippen molar-refractivity contribution < 1.29 is 8.42 Å². The molecular weight excluding hydrogens is 308 g/mol. The van der Waals surface area contributed by atoms with Gasteiger partial charge in [0.25, 0.3) is 0 Å². The molecule has 3 N–H and O–H groups in total. The van der Waals surface area contributed by atoms with E-state index in [1.165, 1.54) is 19.3 Å². The summed E-state index contributed by atoms with van der Waals surface area (Å²) in [6.07, 6.45) is 6.00. The predicted molar refractivity (Wildman–Crippen MR) is 89.2 cm³/mol. The second-order valence-corrected chi connectivity index (χ2v) is 8.89. The van der Waals surface area contributed by atoms with Crippen molar-refractivity contribution in [3.8, 4) is 0 Å².